The minimum atomic E-state index is 0. The molecule has 0 amide bonds. The first kappa shape index (κ1) is 24.2. The molecule has 1 aromatic heterocycles. The Balaban J connectivity index is 0.00000364. The highest BCUT2D eigenvalue weighted by atomic mass is 127. The van der Waals surface area contributed by atoms with E-state index in [1.54, 1.807) is 6.26 Å². The minimum Gasteiger partial charge on any atom is -0.467 e. The smallest absolute Gasteiger partial charge is 0.191 e. The van der Waals surface area contributed by atoms with Gasteiger partial charge in [-0.3, -0.25) is 4.99 Å². The van der Waals surface area contributed by atoms with Crippen molar-refractivity contribution in [3.8, 4) is 0 Å². The van der Waals surface area contributed by atoms with Crippen molar-refractivity contribution < 1.29 is 18.6 Å². The highest BCUT2D eigenvalue weighted by Crippen LogP contribution is 2.10. The molecule has 0 spiro atoms. The molecule has 27 heavy (non-hydrogen) atoms. The van der Waals surface area contributed by atoms with Crippen LogP contribution >= 0.6 is 24.0 Å². The van der Waals surface area contributed by atoms with Crippen molar-refractivity contribution in [1.29, 1.82) is 0 Å². The Kier molecular flexibility index (Phi) is 14.5. The fourth-order valence-corrected chi connectivity index (χ4v) is 2.64. The van der Waals surface area contributed by atoms with Gasteiger partial charge in [-0.1, -0.05) is 0 Å². The molecule has 1 aromatic rings. The average Bonchev–Trinajstić information content (AvgIpc) is 3.18. The summed E-state index contributed by atoms with van der Waals surface area (Å²) in [5, 5.41) is 6.61. The van der Waals surface area contributed by atoms with Gasteiger partial charge in [-0.05, 0) is 44.7 Å². The van der Waals surface area contributed by atoms with Crippen LogP contribution in [0.1, 0.15) is 38.4 Å². The summed E-state index contributed by atoms with van der Waals surface area (Å²) in [6.45, 7) is 8.10. The van der Waals surface area contributed by atoms with Gasteiger partial charge in [0.2, 0.25) is 0 Å². The summed E-state index contributed by atoms with van der Waals surface area (Å²) in [5.74, 6) is 1.70. The SMILES string of the molecule is CCNC(=NCCCOCc1ccco1)NCCCOC1CCOCC1.I. The summed E-state index contributed by atoms with van der Waals surface area (Å²) in [4.78, 5) is 4.57. The van der Waals surface area contributed by atoms with Gasteiger partial charge in [-0.25, -0.2) is 0 Å². The first-order chi connectivity index (χ1) is 12.9. The second-order valence-electron chi connectivity index (χ2n) is 6.21. The van der Waals surface area contributed by atoms with Crippen molar-refractivity contribution in [3.05, 3.63) is 24.2 Å². The van der Waals surface area contributed by atoms with Crippen LogP contribution in [0, 0.1) is 0 Å². The summed E-state index contributed by atoms with van der Waals surface area (Å²) in [7, 11) is 0. The molecule has 7 nitrogen and oxygen atoms in total. The molecule has 156 valence electrons. The van der Waals surface area contributed by atoms with E-state index in [0.29, 0.717) is 19.3 Å². The van der Waals surface area contributed by atoms with E-state index in [1.807, 2.05) is 12.1 Å². The maximum atomic E-state index is 5.88. The first-order valence-corrected chi connectivity index (χ1v) is 9.70. The van der Waals surface area contributed by atoms with Crippen LogP contribution in [-0.4, -0.2) is 58.1 Å². The van der Waals surface area contributed by atoms with Crippen LogP contribution in [0.3, 0.4) is 0 Å². The zero-order chi connectivity index (χ0) is 18.3. The largest absolute Gasteiger partial charge is 0.467 e. The molecule has 8 heteroatoms. The zero-order valence-corrected chi connectivity index (χ0v) is 18.6. The van der Waals surface area contributed by atoms with E-state index in [2.05, 4.69) is 22.5 Å². The number of furan rings is 1. The van der Waals surface area contributed by atoms with Crippen LogP contribution in [-0.2, 0) is 20.8 Å². The van der Waals surface area contributed by atoms with Crippen LogP contribution in [0.2, 0.25) is 0 Å². The average molecular weight is 495 g/mol. The quantitative estimate of drug-likeness (QED) is 0.201. The maximum absolute atomic E-state index is 5.88. The van der Waals surface area contributed by atoms with Gasteiger partial charge in [-0.15, -0.1) is 24.0 Å². The van der Waals surface area contributed by atoms with Gasteiger partial charge in [0.15, 0.2) is 5.96 Å². The van der Waals surface area contributed by atoms with Crippen molar-refractivity contribution in [3.63, 3.8) is 0 Å². The third-order valence-corrected chi connectivity index (χ3v) is 4.02. The Bertz CT molecular complexity index is 479. The third kappa shape index (κ3) is 11.6. The maximum Gasteiger partial charge on any atom is 0.191 e. The summed E-state index contributed by atoms with van der Waals surface area (Å²) in [6.07, 6.45) is 5.90. The van der Waals surface area contributed by atoms with Gasteiger partial charge in [0, 0.05) is 46.1 Å². The summed E-state index contributed by atoms with van der Waals surface area (Å²) >= 11 is 0. The van der Waals surface area contributed by atoms with Crippen molar-refractivity contribution in [2.75, 3.05) is 46.1 Å². The molecule has 2 heterocycles. The Morgan fingerprint density at radius 1 is 1.22 bits per heavy atom. The molecule has 0 aliphatic carbocycles. The van der Waals surface area contributed by atoms with Crippen LogP contribution in [0.15, 0.2) is 27.8 Å². The Hall–Kier alpha value is -0.840. The first-order valence-electron chi connectivity index (χ1n) is 9.70. The van der Waals surface area contributed by atoms with Gasteiger partial charge in [0.1, 0.15) is 12.4 Å². The number of aliphatic imine (C=N–C) groups is 1. The lowest BCUT2D eigenvalue weighted by molar-refractivity contribution is -0.0320. The summed E-state index contributed by atoms with van der Waals surface area (Å²) in [5.41, 5.74) is 0. The number of guanidine groups is 1. The molecule has 0 unspecified atom stereocenters. The van der Waals surface area contributed by atoms with Gasteiger partial charge >= 0.3 is 0 Å². The van der Waals surface area contributed by atoms with E-state index < -0.39 is 0 Å². The number of halogens is 1. The Morgan fingerprint density at radius 2 is 2.07 bits per heavy atom. The van der Waals surface area contributed by atoms with Crippen molar-refractivity contribution in [2.45, 2.75) is 45.3 Å². The van der Waals surface area contributed by atoms with Gasteiger partial charge in [-0.2, -0.15) is 0 Å². The molecule has 1 saturated heterocycles. The van der Waals surface area contributed by atoms with Crippen LogP contribution in [0.5, 0.6) is 0 Å². The standard InChI is InChI=1S/C19H33N3O4.HI/c1-2-20-19(21-9-4-11-24-16-18-6-3-12-26-18)22-10-5-13-25-17-7-14-23-15-8-17;/h3,6,12,17H,2,4-5,7-11,13-16H2,1H3,(H2,20,21,22);1H. The van der Waals surface area contributed by atoms with Crippen LogP contribution < -0.4 is 10.6 Å². The number of hydrogen-bond acceptors (Lipinski definition) is 5. The fraction of sp³-hybridized carbons (Fsp3) is 0.737. The number of nitrogens with one attached hydrogen (secondary N) is 2. The lowest BCUT2D eigenvalue weighted by Crippen LogP contribution is -2.38. The minimum absolute atomic E-state index is 0. The molecular weight excluding hydrogens is 461 g/mol. The fourth-order valence-electron chi connectivity index (χ4n) is 2.64. The molecule has 2 N–H and O–H groups in total. The molecule has 0 aromatic carbocycles. The van der Waals surface area contributed by atoms with E-state index >= 15 is 0 Å². The number of ether oxygens (including phenoxy) is 3. The second-order valence-corrected chi connectivity index (χ2v) is 6.21. The van der Waals surface area contributed by atoms with Gasteiger partial charge in [0.25, 0.3) is 0 Å². The molecule has 1 aliphatic rings. The molecule has 0 bridgehead atoms. The topological polar surface area (TPSA) is 77.3 Å². The van der Waals surface area contributed by atoms with Gasteiger partial charge in [0.05, 0.1) is 12.4 Å². The third-order valence-electron chi connectivity index (χ3n) is 4.02. The lowest BCUT2D eigenvalue weighted by Gasteiger charge is -2.22. The molecule has 2 rings (SSSR count). The molecule has 1 fully saturated rings. The van der Waals surface area contributed by atoms with E-state index in [4.69, 9.17) is 18.6 Å². The molecule has 0 atom stereocenters. The number of rotatable bonds is 12. The highest BCUT2D eigenvalue weighted by Gasteiger charge is 2.13. The van der Waals surface area contributed by atoms with Crippen LogP contribution in [0.4, 0.5) is 0 Å². The second kappa shape index (κ2) is 16.1. The Labute approximate surface area is 179 Å². The highest BCUT2D eigenvalue weighted by molar-refractivity contribution is 14.0. The normalized spacial score (nSPS) is 15.4. The van der Waals surface area contributed by atoms with E-state index in [1.165, 1.54) is 0 Å². The van der Waals surface area contributed by atoms with Crippen molar-refractivity contribution in [1.82, 2.24) is 10.6 Å². The summed E-state index contributed by atoms with van der Waals surface area (Å²) in [6, 6.07) is 3.78. The van der Waals surface area contributed by atoms with E-state index in [9.17, 15) is 0 Å². The van der Waals surface area contributed by atoms with Gasteiger partial charge < -0.3 is 29.3 Å². The number of hydrogen-bond donors (Lipinski definition) is 2. The monoisotopic (exact) mass is 495 g/mol. The molecule has 0 saturated carbocycles. The Morgan fingerprint density at radius 3 is 2.81 bits per heavy atom. The molecule has 0 radical (unpaired) electrons. The lowest BCUT2D eigenvalue weighted by atomic mass is 10.1. The number of nitrogens with zero attached hydrogens (tertiary/aromatic N) is 1. The zero-order valence-electron chi connectivity index (χ0n) is 16.3. The van der Waals surface area contributed by atoms with E-state index in [0.717, 1.165) is 76.9 Å². The predicted octanol–water partition coefficient (Wildman–Crippen LogP) is 2.95. The molecular formula is C19H34IN3O4. The predicted molar refractivity (Wildman–Crippen MR) is 117 cm³/mol. The van der Waals surface area contributed by atoms with E-state index in [-0.39, 0.29) is 24.0 Å². The van der Waals surface area contributed by atoms with Crippen LogP contribution in [0.25, 0.3) is 0 Å². The van der Waals surface area contributed by atoms with Crippen molar-refractivity contribution in [2.24, 2.45) is 4.99 Å². The van der Waals surface area contributed by atoms with Crippen molar-refractivity contribution >= 4 is 29.9 Å². The summed E-state index contributed by atoms with van der Waals surface area (Å²) < 4.78 is 22.0. The molecule has 1 aliphatic heterocycles.